The highest BCUT2D eigenvalue weighted by Crippen LogP contribution is 2.21. The van der Waals surface area contributed by atoms with Crippen LogP contribution in [0.3, 0.4) is 0 Å². The van der Waals surface area contributed by atoms with E-state index in [2.05, 4.69) is 15.4 Å². The summed E-state index contributed by atoms with van der Waals surface area (Å²) in [6, 6.07) is 10.8. The lowest BCUT2D eigenvalue weighted by Gasteiger charge is -2.12. The molecule has 0 aromatic heterocycles. The predicted molar refractivity (Wildman–Crippen MR) is 123 cm³/mol. The summed E-state index contributed by atoms with van der Waals surface area (Å²) < 4.78 is 27.2. The van der Waals surface area contributed by atoms with Gasteiger partial charge in [0.25, 0.3) is 5.91 Å². The molecule has 0 spiro atoms. The maximum absolute atomic E-state index is 12.6. The highest BCUT2D eigenvalue weighted by molar-refractivity contribution is 7.89. The molecule has 168 valence electrons. The van der Waals surface area contributed by atoms with Crippen LogP contribution in [-0.4, -0.2) is 26.3 Å². The zero-order valence-corrected chi connectivity index (χ0v) is 19.6. The highest BCUT2D eigenvalue weighted by Gasteiger charge is 2.19. The zero-order valence-electron chi connectivity index (χ0n) is 18.0. The first-order valence-corrected chi connectivity index (χ1v) is 11.8. The van der Waals surface area contributed by atoms with E-state index in [1.54, 1.807) is 32.0 Å². The minimum absolute atomic E-state index is 0.0365. The van der Waals surface area contributed by atoms with E-state index < -0.39 is 15.9 Å². The van der Waals surface area contributed by atoms with Crippen LogP contribution in [0.4, 0.5) is 5.69 Å². The number of benzene rings is 2. The second-order valence-electron chi connectivity index (χ2n) is 7.95. The Kier molecular flexibility index (Phi) is 8.61. The van der Waals surface area contributed by atoms with Crippen molar-refractivity contribution in [2.45, 2.75) is 51.6 Å². The first-order chi connectivity index (χ1) is 14.5. The normalized spacial score (nSPS) is 11.6. The standard InChI is InChI=1S/C22H28ClN3O4S/c1-14(2)10-21(27)25-17-7-5-6-16(11-17)13-24-22(28)19-12-18(8-9-20(19)23)31(29,30)26-15(3)4/h5-9,11-12,14-15,26H,10,13H2,1-4H3,(H,24,28)(H,25,27). The van der Waals surface area contributed by atoms with Crippen LogP contribution in [0.5, 0.6) is 0 Å². The molecule has 0 aliphatic rings. The highest BCUT2D eigenvalue weighted by atomic mass is 35.5. The van der Waals surface area contributed by atoms with Crippen LogP contribution in [0.25, 0.3) is 0 Å². The fourth-order valence-electron chi connectivity index (χ4n) is 2.84. The lowest BCUT2D eigenvalue weighted by Crippen LogP contribution is -2.30. The molecule has 0 heterocycles. The Balaban J connectivity index is 2.10. The van der Waals surface area contributed by atoms with Gasteiger partial charge in [-0.2, -0.15) is 0 Å². The Labute approximate surface area is 188 Å². The van der Waals surface area contributed by atoms with Crippen molar-refractivity contribution in [2.75, 3.05) is 5.32 Å². The van der Waals surface area contributed by atoms with E-state index in [1.165, 1.54) is 18.2 Å². The van der Waals surface area contributed by atoms with Crippen molar-refractivity contribution >= 4 is 39.1 Å². The average molecular weight is 466 g/mol. The van der Waals surface area contributed by atoms with Gasteiger partial charge >= 0.3 is 0 Å². The van der Waals surface area contributed by atoms with Crippen molar-refractivity contribution in [1.82, 2.24) is 10.0 Å². The van der Waals surface area contributed by atoms with Crippen LogP contribution < -0.4 is 15.4 Å². The van der Waals surface area contributed by atoms with Crippen molar-refractivity contribution in [3.63, 3.8) is 0 Å². The molecule has 0 atom stereocenters. The van der Waals surface area contributed by atoms with Gasteiger partial charge in [0.05, 0.1) is 15.5 Å². The van der Waals surface area contributed by atoms with Gasteiger partial charge in [-0.3, -0.25) is 9.59 Å². The second kappa shape index (κ2) is 10.7. The van der Waals surface area contributed by atoms with E-state index in [1.807, 2.05) is 19.9 Å². The summed E-state index contributed by atoms with van der Waals surface area (Å²) in [6.07, 6.45) is 0.421. The summed E-state index contributed by atoms with van der Waals surface area (Å²) >= 11 is 6.13. The lowest BCUT2D eigenvalue weighted by molar-refractivity contribution is -0.116. The van der Waals surface area contributed by atoms with Gasteiger partial charge in [-0.05, 0) is 55.7 Å². The quantitative estimate of drug-likeness (QED) is 0.521. The van der Waals surface area contributed by atoms with E-state index in [4.69, 9.17) is 11.6 Å². The molecule has 0 aliphatic heterocycles. The molecule has 2 aromatic rings. The first kappa shape index (κ1) is 24.8. The van der Waals surface area contributed by atoms with Crippen molar-refractivity contribution in [2.24, 2.45) is 5.92 Å². The second-order valence-corrected chi connectivity index (χ2v) is 10.1. The number of carbonyl (C=O) groups is 2. The molecular weight excluding hydrogens is 438 g/mol. The SMILES string of the molecule is CC(C)CC(=O)Nc1cccc(CNC(=O)c2cc(S(=O)(=O)NC(C)C)ccc2Cl)c1. The van der Waals surface area contributed by atoms with Crippen LogP contribution >= 0.6 is 11.6 Å². The summed E-state index contributed by atoms with van der Waals surface area (Å²) in [4.78, 5) is 24.6. The molecule has 2 rings (SSSR count). The molecule has 7 nitrogen and oxygen atoms in total. The largest absolute Gasteiger partial charge is 0.348 e. The van der Waals surface area contributed by atoms with Crippen LogP contribution in [0.15, 0.2) is 47.4 Å². The lowest BCUT2D eigenvalue weighted by atomic mass is 10.1. The first-order valence-electron chi connectivity index (χ1n) is 9.97. The Hall–Kier alpha value is -2.42. The molecule has 0 saturated carbocycles. The van der Waals surface area contributed by atoms with Gasteiger partial charge in [0.1, 0.15) is 0 Å². The molecule has 9 heteroatoms. The predicted octanol–water partition coefficient (Wildman–Crippen LogP) is 3.94. The molecule has 0 unspecified atom stereocenters. The molecule has 0 bridgehead atoms. The maximum Gasteiger partial charge on any atom is 0.253 e. The van der Waals surface area contributed by atoms with Crippen molar-refractivity contribution in [3.8, 4) is 0 Å². The van der Waals surface area contributed by atoms with Crippen molar-refractivity contribution < 1.29 is 18.0 Å². The minimum atomic E-state index is -3.75. The fraction of sp³-hybridized carbons (Fsp3) is 0.364. The molecule has 0 radical (unpaired) electrons. The summed E-state index contributed by atoms with van der Waals surface area (Å²) in [5.41, 5.74) is 1.48. The van der Waals surface area contributed by atoms with E-state index in [0.717, 1.165) is 5.56 Å². The number of sulfonamides is 1. The molecular formula is C22H28ClN3O4S. The Morgan fingerprint density at radius 2 is 1.74 bits per heavy atom. The smallest absolute Gasteiger partial charge is 0.253 e. The van der Waals surface area contributed by atoms with Gasteiger partial charge in [-0.15, -0.1) is 0 Å². The van der Waals surface area contributed by atoms with Crippen LogP contribution in [0.2, 0.25) is 5.02 Å². The number of hydrogen-bond donors (Lipinski definition) is 3. The van der Waals surface area contributed by atoms with Crippen LogP contribution in [0, 0.1) is 5.92 Å². The summed E-state index contributed by atoms with van der Waals surface area (Å²) in [5, 5.41) is 5.72. The monoisotopic (exact) mass is 465 g/mol. The Morgan fingerprint density at radius 1 is 1.03 bits per heavy atom. The van der Waals surface area contributed by atoms with E-state index in [9.17, 15) is 18.0 Å². The third-order valence-corrected chi connectivity index (χ3v) is 6.13. The van der Waals surface area contributed by atoms with Gasteiger partial charge in [-0.1, -0.05) is 37.6 Å². The summed E-state index contributed by atoms with van der Waals surface area (Å²) in [6.45, 7) is 7.54. The third-order valence-electron chi connectivity index (χ3n) is 4.14. The molecule has 2 aromatic carbocycles. The van der Waals surface area contributed by atoms with Crippen LogP contribution in [0.1, 0.15) is 50.0 Å². The molecule has 0 fully saturated rings. The number of amides is 2. The van der Waals surface area contributed by atoms with E-state index in [-0.39, 0.29) is 39.9 Å². The van der Waals surface area contributed by atoms with Gasteiger partial charge in [0, 0.05) is 24.7 Å². The molecule has 0 saturated heterocycles. The van der Waals surface area contributed by atoms with Gasteiger partial charge < -0.3 is 10.6 Å². The Morgan fingerprint density at radius 3 is 2.39 bits per heavy atom. The molecule has 2 amide bonds. The number of carbonyl (C=O) groups excluding carboxylic acids is 2. The number of rotatable bonds is 9. The third kappa shape index (κ3) is 7.65. The number of halogens is 1. The van der Waals surface area contributed by atoms with E-state index in [0.29, 0.717) is 12.1 Å². The molecule has 31 heavy (non-hydrogen) atoms. The minimum Gasteiger partial charge on any atom is -0.348 e. The molecule has 3 N–H and O–H groups in total. The van der Waals surface area contributed by atoms with Gasteiger partial charge in [0.15, 0.2) is 0 Å². The fourth-order valence-corrected chi connectivity index (χ4v) is 4.32. The summed E-state index contributed by atoms with van der Waals surface area (Å²) in [7, 11) is -3.75. The summed E-state index contributed by atoms with van der Waals surface area (Å²) in [5.74, 6) is -0.320. The Bertz CT molecular complexity index is 1050. The van der Waals surface area contributed by atoms with Crippen LogP contribution in [-0.2, 0) is 21.4 Å². The van der Waals surface area contributed by atoms with Gasteiger partial charge in [0.2, 0.25) is 15.9 Å². The van der Waals surface area contributed by atoms with Crippen molar-refractivity contribution in [1.29, 1.82) is 0 Å². The topological polar surface area (TPSA) is 104 Å². The van der Waals surface area contributed by atoms with E-state index >= 15 is 0 Å². The number of anilines is 1. The maximum atomic E-state index is 12.6. The zero-order chi connectivity index (χ0) is 23.2. The average Bonchev–Trinajstić information content (AvgIpc) is 2.65. The van der Waals surface area contributed by atoms with Gasteiger partial charge in [-0.25, -0.2) is 13.1 Å². The molecule has 0 aliphatic carbocycles. The van der Waals surface area contributed by atoms with Crippen molar-refractivity contribution in [3.05, 3.63) is 58.6 Å². The number of nitrogens with one attached hydrogen (secondary N) is 3. The number of hydrogen-bond acceptors (Lipinski definition) is 4.